The standard InChI is InChI=1S/C21H26N4O3/c1-4-19(26)24-16-8-10-17(11-9-16)25-20(27)13-22-18-7-5-6-15(12-18)21(28)23-14(2)3/h5-12,14,22H,4,13H2,1-3H3,(H,23,28)(H,24,26)(H,25,27). The fraction of sp³-hybridized carbons (Fsp3) is 0.286. The Morgan fingerprint density at radius 1 is 0.857 bits per heavy atom. The fourth-order valence-corrected chi connectivity index (χ4v) is 2.39. The van der Waals surface area contributed by atoms with Crippen molar-refractivity contribution >= 4 is 34.8 Å². The summed E-state index contributed by atoms with van der Waals surface area (Å²) in [7, 11) is 0. The topological polar surface area (TPSA) is 99.3 Å². The smallest absolute Gasteiger partial charge is 0.251 e. The Balaban J connectivity index is 1.87. The molecule has 0 atom stereocenters. The minimum absolute atomic E-state index is 0.0524. The van der Waals surface area contributed by atoms with Crippen LogP contribution in [0.2, 0.25) is 0 Å². The molecule has 0 spiro atoms. The first-order valence-electron chi connectivity index (χ1n) is 9.22. The number of nitrogens with one attached hydrogen (secondary N) is 4. The first-order valence-corrected chi connectivity index (χ1v) is 9.22. The molecule has 0 fully saturated rings. The Morgan fingerprint density at radius 2 is 1.46 bits per heavy atom. The molecule has 4 N–H and O–H groups in total. The van der Waals surface area contributed by atoms with Gasteiger partial charge in [0.25, 0.3) is 5.91 Å². The van der Waals surface area contributed by atoms with E-state index >= 15 is 0 Å². The molecule has 0 aliphatic heterocycles. The lowest BCUT2D eigenvalue weighted by Gasteiger charge is -2.11. The van der Waals surface area contributed by atoms with Crippen LogP contribution < -0.4 is 21.3 Å². The molecule has 0 aliphatic carbocycles. The SMILES string of the molecule is CCC(=O)Nc1ccc(NC(=O)CNc2cccc(C(=O)NC(C)C)c2)cc1. The highest BCUT2D eigenvalue weighted by molar-refractivity contribution is 5.96. The average Bonchev–Trinajstić information content (AvgIpc) is 2.67. The molecule has 0 saturated heterocycles. The molecule has 0 aliphatic rings. The van der Waals surface area contributed by atoms with E-state index in [2.05, 4.69) is 21.3 Å². The van der Waals surface area contributed by atoms with E-state index in [-0.39, 0.29) is 30.3 Å². The highest BCUT2D eigenvalue weighted by Gasteiger charge is 2.08. The molecule has 7 nitrogen and oxygen atoms in total. The minimum atomic E-state index is -0.220. The second-order valence-corrected chi connectivity index (χ2v) is 6.59. The van der Waals surface area contributed by atoms with Crippen molar-refractivity contribution in [1.82, 2.24) is 5.32 Å². The van der Waals surface area contributed by atoms with Crippen LogP contribution in [-0.4, -0.2) is 30.3 Å². The van der Waals surface area contributed by atoms with Crippen molar-refractivity contribution in [2.45, 2.75) is 33.2 Å². The normalized spacial score (nSPS) is 10.3. The molecule has 3 amide bonds. The number of hydrogen-bond donors (Lipinski definition) is 4. The van der Waals surface area contributed by atoms with E-state index in [1.54, 1.807) is 55.5 Å². The number of benzene rings is 2. The molecule has 148 valence electrons. The van der Waals surface area contributed by atoms with E-state index in [0.717, 1.165) is 0 Å². The highest BCUT2D eigenvalue weighted by atomic mass is 16.2. The van der Waals surface area contributed by atoms with Crippen LogP contribution in [0.25, 0.3) is 0 Å². The number of carbonyl (C=O) groups is 3. The second kappa shape index (κ2) is 10.1. The quantitative estimate of drug-likeness (QED) is 0.563. The summed E-state index contributed by atoms with van der Waals surface area (Å²) >= 11 is 0. The van der Waals surface area contributed by atoms with Crippen molar-refractivity contribution in [2.24, 2.45) is 0 Å². The molecule has 0 unspecified atom stereocenters. The van der Waals surface area contributed by atoms with E-state index in [1.807, 2.05) is 13.8 Å². The zero-order valence-corrected chi connectivity index (χ0v) is 16.3. The third-order valence-electron chi connectivity index (χ3n) is 3.77. The van der Waals surface area contributed by atoms with Gasteiger partial charge in [-0.05, 0) is 56.3 Å². The van der Waals surface area contributed by atoms with Gasteiger partial charge in [0.15, 0.2) is 0 Å². The van der Waals surface area contributed by atoms with E-state index in [0.29, 0.717) is 29.0 Å². The molecule has 0 radical (unpaired) electrons. The van der Waals surface area contributed by atoms with Crippen LogP contribution in [-0.2, 0) is 9.59 Å². The molecule has 7 heteroatoms. The van der Waals surface area contributed by atoms with Gasteiger partial charge in [0.1, 0.15) is 0 Å². The van der Waals surface area contributed by atoms with Gasteiger partial charge in [0, 0.05) is 35.1 Å². The van der Waals surface area contributed by atoms with Gasteiger partial charge in [-0.1, -0.05) is 13.0 Å². The van der Waals surface area contributed by atoms with E-state index in [4.69, 9.17) is 0 Å². The van der Waals surface area contributed by atoms with Crippen LogP contribution in [0, 0.1) is 0 Å². The Kier molecular flexibility index (Phi) is 7.56. The number of amides is 3. The number of carbonyl (C=O) groups excluding carboxylic acids is 3. The van der Waals surface area contributed by atoms with Gasteiger partial charge in [0.05, 0.1) is 6.54 Å². The Hall–Kier alpha value is -3.35. The van der Waals surface area contributed by atoms with Crippen molar-refractivity contribution in [3.8, 4) is 0 Å². The van der Waals surface area contributed by atoms with Crippen LogP contribution >= 0.6 is 0 Å². The zero-order valence-electron chi connectivity index (χ0n) is 16.3. The zero-order chi connectivity index (χ0) is 20.5. The third kappa shape index (κ3) is 6.75. The molecule has 0 saturated carbocycles. The number of rotatable bonds is 8. The Bertz CT molecular complexity index is 832. The lowest BCUT2D eigenvalue weighted by Crippen LogP contribution is -2.30. The maximum Gasteiger partial charge on any atom is 0.251 e. The first-order chi connectivity index (χ1) is 13.4. The molecule has 0 heterocycles. The summed E-state index contributed by atoms with van der Waals surface area (Å²) < 4.78 is 0. The van der Waals surface area contributed by atoms with Gasteiger partial charge in [0.2, 0.25) is 11.8 Å². The van der Waals surface area contributed by atoms with E-state index in [9.17, 15) is 14.4 Å². The predicted molar refractivity (Wildman–Crippen MR) is 112 cm³/mol. The van der Waals surface area contributed by atoms with Crippen molar-refractivity contribution in [3.05, 3.63) is 54.1 Å². The first kappa shape index (κ1) is 21.0. The molecular formula is C21H26N4O3. The third-order valence-corrected chi connectivity index (χ3v) is 3.77. The van der Waals surface area contributed by atoms with Gasteiger partial charge in [-0.25, -0.2) is 0 Å². The van der Waals surface area contributed by atoms with Crippen LogP contribution in [0.15, 0.2) is 48.5 Å². The van der Waals surface area contributed by atoms with E-state index < -0.39 is 0 Å². The van der Waals surface area contributed by atoms with Crippen molar-refractivity contribution in [1.29, 1.82) is 0 Å². The average molecular weight is 382 g/mol. The van der Waals surface area contributed by atoms with Crippen LogP contribution in [0.5, 0.6) is 0 Å². The highest BCUT2D eigenvalue weighted by Crippen LogP contribution is 2.14. The number of anilines is 3. The van der Waals surface area contributed by atoms with Crippen molar-refractivity contribution < 1.29 is 14.4 Å². The molecule has 28 heavy (non-hydrogen) atoms. The molecular weight excluding hydrogens is 356 g/mol. The summed E-state index contributed by atoms with van der Waals surface area (Å²) in [4.78, 5) is 35.6. The molecule has 0 bridgehead atoms. The number of hydrogen-bond acceptors (Lipinski definition) is 4. The maximum absolute atomic E-state index is 12.1. The lowest BCUT2D eigenvalue weighted by atomic mass is 10.1. The van der Waals surface area contributed by atoms with Gasteiger partial charge in [-0.2, -0.15) is 0 Å². The molecule has 2 aromatic carbocycles. The summed E-state index contributed by atoms with van der Waals surface area (Å²) in [5, 5.41) is 11.4. The minimum Gasteiger partial charge on any atom is -0.376 e. The van der Waals surface area contributed by atoms with Gasteiger partial charge in [-0.15, -0.1) is 0 Å². The predicted octanol–water partition coefficient (Wildman–Crippen LogP) is 3.22. The van der Waals surface area contributed by atoms with Crippen molar-refractivity contribution in [2.75, 3.05) is 22.5 Å². The van der Waals surface area contributed by atoms with Gasteiger partial charge < -0.3 is 21.3 Å². The molecule has 2 aromatic rings. The summed E-state index contributed by atoms with van der Waals surface area (Å²) in [5.41, 5.74) is 2.53. The van der Waals surface area contributed by atoms with E-state index in [1.165, 1.54) is 0 Å². The van der Waals surface area contributed by atoms with Gasteiger partial charge >= 0.3 is 0 Å². The largest absolute Gasteiger partial charge is 0.376 e. The molecule has 2 rings (SSSR count). The van der Waals surface area contributed by atoms with Gasteiger partial charge in [-0.3, -0.25) is 14.4 Å². The van der Waals surface area contributed by atoms with Crippen LogP contribution in [0.4, 0.5) is 17.1 Å². The fourth-order valence-electron chi connectivity index (χ4n) is 2.39. The summed E-state index contributed by atoms with van der Waals surface area (Å²) in [6.07, 6.45) is 0.407. The molecule has 0 aromatic heterocycles. The summed E-state index contributed by atoms with van der Waals surface area (Å²) in [6.45, 7) is 5.64. The summed E-state index contributed by atoms with van der Waals surface area (Å²) in [5.74, 6) is -0.439. The summed E-state index contributed by atoms with van der Waals surface area (Å²) in [6, 6.07) is 13.9. The lowest BCUT2D eigenvalue weighted by molar-refractivity contribution is -0.116. The van der Waals surface area contributed by atoms with Crippen molar-refractivity contribution in [3.63, 3.8) is 0 Å². The Labute approximate surface area is 164 Å². The van der Waals surface area contributed by atoms with Crippen LogP contribution in [0.3, 0.4) is 0 Å². The van der Waals surface area contributed by atoms with Crippen LogP contribution in [0.1, 0.15) is 37.6 Å². The second-order valence-electron chi connectivity index (χ2n) is 6.59. The maximum atomic E-state index is 12.1. The Morgan fingerprint density at radius 3 is 2.04 bits per heavy atom. The monoisotopic (exact) mass is 382 g/mol.